The zero-order valence-electron chi connectivity index (χ0n) is 9.35. The van der Waals surface area contributed by atoms with Crippen molar-refractivity contribution in [2.75, 3.05) is 18.5 Å². The van der Waals surface area contributed by atoms with Crippen molar-refractivity contribution in [2.24, 2.45) is 0 Å². The van der Waals surface area contributed by atoms with Crippen molar-refractivity contribution in [1.82, 2.24) is 4.98 Å². The molecule has 3 heteroatoms. The Morgan fingerprint density at radius 2 is 2.33 bits per heavy atom. The third kappa shape index (κ3) is 3.06. The third-order valence-corrected chi connectivity index (χ3v) is 2.34. The number of aliphatic hydroxyl groups excluding tert-OH is 1. The van der Waals surface area contributed by atoms with Gasteiger partial charge in [0.25, 0.3) is 0 Å². The molecule has 1 rings (SSSR count). The molecule has 0 bridgehead atoms. The first-order valence-corrected chi connectivity index (χ1v) is 5.15. The highest BCUT2D eigenvalue weighted by atomic mass is 16.3. The van der Waals surface area contributed by atoms with Crippen LogP contribution >= 0.6 is 0 Å². The van der Waals surface area contributed by atoms with Crippen molar-refractivity contribution < 1.29 is 5.11 Å². The summed E-state index contributed by atoms with van der Waals surface area (Å²) in [5.74, 6) is 0. The molecule has 0 aliphatic rings. The van der Waals surface area contributed by atoms with Crippen LogP contribution in [-0.4, -0.2) is 23.7 Å². The highest BCUT2D eigenvalue weighted by molar-refractivity contribution is 5.44. The number of likely N-dealkylation sites (N-methyl/N-ethyl adjacent to an activating group) is 1. The molecule has 1 aromatic rings. The average Bonchev–Trinajstić information content (AvgIpc) is 2.28. The zero-order chi connectivity index (χ0) is 11.3. The number of hydrogen-bond donors (Lipinski definition) is 1. The molecule has 0 radical (unpaired) electrons. The van der Waals surface area contributed by atoms with Crippen LogP contribution in [0.5, 0.6) is 0 Å². The first kappa shape index (κ1) is 11.7. The van der Waals surface area contributed by atoms with E-state index < -0.39 is 6.10 Å². The van der Waals surface area contributed by atoms with Crippen LogP contribution in [0.25, 0.3) is 0 Å². The van der Waals surface area contributed by atoms with Crippen LogP contribution in [0.4, 0.5) is 5.69 Å². The van der Waals surface area contributed by atoms with Crippen LogP contribution in [0.3, 0.4) is 0 Å². The van der Waals surface area contributed by atoms with Gasteiger partial charge in [-0.25, -0.2) is 0 Å². The van der Waals surface area contributed by atoms with Crippen LogP contribution in [0.1, 0.15) is 25.1 Å². The minimum Gasteiger partial charge on any atom is -0.387 e. The molecular formula is C12H18N2O. The Kier molecular flexibility index (Phi) is 4.31. The van der Waals surface area contributed by atoms with Gasteiger partial charge in [0, 0.05) is 13.6 Å². The molecule has 0 spiro atoms. The van der Waals surface area contributed by atoms with Crippen LogP contribution in [0.15, 0.2) is 31.0 Å². The van der Waals surface area contributed by atoms with E-state index in [9.17, 15) is 5.11 Å². The zero-order valence-corrected chi connectivity index (χ0v) is 9.35. The number of aromatic nitrogens is 1. The van der Waals surface area contributed by atoms with Gasteiger partial charge in [0.2, 0.25) is 0 Å². The van der Waals surface area contributed by atoms with E-state index in [2.05, 4.69) is 11.6 Å². The van der Waals surface area contributed by atoms with Gasteiger partial charge in [-0.2, -0.15) is 0 Å². The molecule has 0 amide bonds. The Hall–Kier alpha value is -1.35. The summed E-state index contributed by atoms with van der Waals surface area (Å²) in [5, 5.41) is 9.57. The van der Waals surface area contributed by atoms with E-state index in [1.54, 1.807) is 6.20 Å². The number of anilines is 1. The summed E-state index contributed by atoms with van der Waals surface area (Å²) in [5.41, 5.74) is 1.76. The molecule has 0 unspecified atom stereocenters. The van der Waals surface area contributed by atoms with E-state index in [0.717, 1.165) is 17.9 Å². The normalized spacial score (nSPS) is 12.2. The van der Waals surface area contributed by atoms with Gasteiger partial charge in [-0.05, 0) is 18.6 Å². The van der Waals surface area contributed by atoms with Crippen molar-refractivity contribution in [2.45, 2.75) is 19.4 Å². The van der Waals surface area contributed by atoms with Crippen molar-refractivity contribution in [3.63, 3.8) is 0 Å². The summed E-state index contributed by atoms with van der Waals surface area (Å²) in [6.07, 6.45) is 3.85. The fourth-order valence-electron chi connectivity index (χ4n) is 1.33. The molecule has 3 nitrogen and oxygen atoms in total. The molecule has 0 aliphatic carbocycles. The van der Waals surface area contributed by atoms with E-state index in [1.807, 2.05) is 37.1 Å². The molecule has 1 atom stereocenters. The molecule has 82 valence electrons. The Morgan fingerprint density at radius 1 is 1.60 bits per heavy atom. The molecule has 1 aromatic heterocycles. The lowest BCUT2D eigenvalue weighted by Crippen LogP contribution is -2.16. The maximum Gasteiger partial charge on any atom is 0.0957 e. The van der Waals surface area contributed by atoms with Gasteiger partial charge in [-0.1, -0.05) is 13.0 Å². The Morgan fingerprint density at radius 3 is 2.80 bits per heavy atom. The first-order valence-electron chi connectivity index (χ1n) is 5.15. The minimum atomic E-state index is -0.455. The fraction of sp³-hybridized carbons (Fsp3) is 0.417. The maximum absolute atomic E-state index is 9.57. The lowest BCUT2D eigenvalue weighted by molar-refractivity contribution is 0.169. The summed E-state index contributed by atoms with van der Waals surface area (Å²) >= 11 is 0. The molecule has 0 fully saturated rings. The largest absolute Gasteiger partial charge is 0.387 e. The summed E-state index contributed by atoms with van der Waals surface area (Å²) in [7, 11) is 1.98. The van der Waals surface area contributed by atoms with Crippen molar-refractivity contribution in [1.29, 1.82) is 0 Å². The van der Waals surface area contributed by atoms with Crippen molar-refractivity contribution in [3.05, 3.63) is 36.7 Å². The summed E-state index contributed by atoms with van der Waals surface area (Å²) in [4.78, 5) is 6.27. The molecule has 0 saturated carbocycles. The van der Waals surface area contributed by atoms with Crippen LogP contribution in [0, 0.1) is 0 Å². The van der Waals surface area contributed by atoms with E-state index >= 15 is 0 Å². The average molecular weight is 206 g/mol. The van der Waals surface area contributed by atoms with E-state index in [0.29, 0.717) is 6.42 Å². The predicted octanol–water partition coefficient (Wildman–Crippen LogP) is 2.15. The van der Waals surface area contributed by atoms with Crippen LogP contribution in [0.2, 0.25) is 0 Å². The summed E-state index contributed by atoms with van der Waals surface area (Å²) < 4.78 is 0. The van der Waals surface area contributed by atoms with Crippen molar-refractivity contribution >= 4 is 5.69 Å². The molecule has 0 saturated heterocycles. The summed E-state index contributed by atoms with van der Waals surface area (Å²) in [6, 6.07) is 3.83. The van der Waals surface area contributed by atoms with Gasteiger partial charge in [0.1, 0.15) is 0 Å². The van der Waals surface area contributed by atoms with Crippen molar-refractivity contribution in [3.8, 4) is 0 Å². The highest BCUT2D eigenvalue weighted by Gasteiger charge is 2.06. The minimum absolute atomic E-state index is 0.455. The number of rotatable bonds is 5. The number of hydrogen-bond acceptors (Lipinski definition) is 3. The fourth-order valence-corrected chi connectivity index (χ4v) is 1.33. The first-order chi connectivity index (χ1) is 7.19. The number of nitrogens with zero attached hydrogens (tertiary/aromatic N) is 2. The molecule has 15 heavy (non-hydrogen) atoms. The lowest BCUT2D eigenvalue weighted by atomic mass is 10.2. The Labute approximate surface area is 91.1 Å². The number of pyridine rings is 1. The van der Waals surface area contributed by atoms with E-state index in [4.69, 9.17) is 0 Å². The molecular weight excluding hydrogens is 188 g/mol. The van der Waals surface area contributed by atoms with Crippen LogP contribution < -0.4 is 4.90 Å². The quantitative estimate of drug-likeness (QED) is 0.750. The number of aliphatic hydroxyl groups is 1. The topological polar surface area (TPSA) is 36.4 Å². The second kappa shape index (κ2) is 5.51. The van der Waals surface area contributed by atoms with Gasteiger partial charge in [-0.3, -0.25) is 4.98 Å². The van der Waals surface area contributed by atoms with Gasteiger partial charge >= 0.3 is 0 Å². The predicted molar refractivity (Wildman–Crippen MR) is 63.0 cm³/mol. The molecule has 0 aliphatic heterocycles. The SMILES string of the molecule is C=CCN(C)c1ccc([C@H](O)CC)nc1. The van der Waals surface area contributed by atoms with Gasteiger partial charge in [-0.15, -0.1) is 6.58 Å². The molecule has 1 heterocycles. The van der Waals surface area contributed by atoms with E-state index in [-0.39, 0.29) is 0 Å². The van der Waals surface area contributed by atoms with Gasteiger partial charge in [0.05, 0.1) is 23.7 Å². The Bertz CT molecular complexity index is 308. The van der Waals surface area contributed by atoms with Crippen LogP contribution in [-0.2, 0) is 0 Å². The summed E-state index contributed by atoms with van der Waals surface area (Å²) in [6.45, 7) is 6.41. The highest BCUT2D eigenvalue weighted by Crippen LogP contribution is 2.17. The second-order valence-electron chi connectivity index (χ2n) is 3.53. The molecule has 0 aromatic carbocycles. The standard InChI is InChI=1S/C12H18N2O/c1-4-8-14(3)10-6-7-11(13-9-10)12(15)5-2/h4,6-7,9,12,15H,1,5,8H2,2-3H3/t12-/m1/s1. The van der Waals surface area contributed by atoms with Gasteiger partial charge < -0.3 is 10.0 Å². The Balaban J connectivity index is 2.75. The lowest BCUT2D eigenvalue weighted by Gasteiger charge is -2.17. The third-order valence-electron chi connectivity index (χ3n) is 2.34. The van der Waals surface area contributed by atoms with E-state index in [1.165, 1.54) is 0 Å². The monoisotopic (exact) mass is 206 g/mol. The maximum atomic E-state index is 9.57. The second-order valence-corrected chi connectivity index (χ2v) is 3.53. The molecule has 1 N–H and O–H groups in total. The smallest absolute Gasteiger partial charge is 0.0957 e. The van der Waals surface area contributed by atoms with Gasteiger partial charge in [0.15, 0.2) is 0 Å².